The van der Waals surface area contributed by atoms with Crippen molar-refractivity contribution in [1.82, 2.24) is 15.6 Å². The van der Waals surface area contributed by atoms with Crippen molar-refractivity contribution in [3.05, 3.63) is 71.8 Å². The quantitative estimate of drug-likeness (QED) is 0.512. The third kappa shape index (κ3) is 5.31. The lowest BCUT2D eigenvalue weighted by Gasteiger charge is -2.19. The molecule has 1 aromatic heterocycles. The SMILES string of the molecule is CCCCCNC(=O)[C@@H](NC(=O)c1ccc2nc(N)ccc2c1)c1ccccc1. The van der Waals surface area contributed by atoms with Gasteiger partial charge in [0.1, 0.15) is 11.9 Å². The summed E-state index contributed by atoms with van der Waals surface area (Å²) in [7, 11) is 0. The smallest absolute Gasteiger partial charge is 0.252 e. The number of carbonyl (C=O) groups excluding carboxylic acids is 2. The van der Waals surface area contributed by atoms with Gasteiger partial charge in [-0.1, -0.05) is 50.1 Å². The summed E-state index contributed by atoms with van der Waals surface area (Å²) in [6.07, 6.45) is 3.05. The third-order valence-corrected chi connectivity index (χ3v) is 4.72. The van der Waals surface area contributed by atoms with Crippen molar-refractivity contribution in [2.24, 2.45) is 0 Å². The van der Waals surface area contributed by atoms with Crippen LogP contribution in [0.25, 0.3) is 10.9 Å². The number of amides is 2. The molecule has 0 saturated carbocycles. The molecule has 29 heavy (non-hydrogen) atoms. The maximum absolute atomic E-state index is 12.9. The number of fused-ring (bicyclic) bond motifs is 1. The van der Waals surface area contributed by atoms with Crippen molar-refractivity contribution in [2.45, 2.75) is 32.2 Å². The number of anilines is 1. The zero-order valence-corrected chi connectivity index (χ0v) is 16.5. The molecule has 0 bridgehead atoms. The largest absolute Gasteiger partial charge is 0.384 e. The third-order valence-electron chi connectivity index (χ3n) is 4.72. The minimum atomic E-state index is -0.759. The van der Waals surface area contributed by atoms with Gasteiger partial charge in [0.05, 0.1) is 5.52 Å². The number of hydrogen-bond acceptors (Lipinski definition) is 4. The highest BCUT2D eigenvalue weighted by atomic mass is 16.2. The zero-order chi connectivity index (χ0) is 20.6. The number of hydrogen-bond donors (Lipinski definition) is 3. The van der Waals surface area contributed by atoms with Crippen LogP contribution in [0.1, 0.15) is 48.1 Å². The Bertz CT molecular complexity index is 989. The average Bonchev–Trinajstić information content (AvgIpc) is 2.75. The Hall–Kier alpha value is -3.41. The van der Waals surface area contributed by atoms with Gasteiger partial charge in [-0.25, -0.2) is 4.98 Å². The number of nitrogens with zero attached hydrogens (tertiary/aromatic N) is 1. The number of benzene rings is 2. The monoisotopic (exact) mass is 390 g/mol. The molecular weight excluding hydrogens is 364 g/mol. The van der Waals surface area contributed by atoms with Crippen LogP contribution in [-0.4, -0.2) is 23.3 Å². The first kappa shape index (κ1) is 20.3. The van der Waals surface area contributed by atoms with Gasteiger partial charge in [0.25, 0.3) is 5.91 Å². The van der Waals surface area contributed by atoms with Crippen molar-refractivity contribution in [3.8, 4) is 0 Å². The molecule has 0 radical (unpaired) electrons. The van der Waals surface area contributed by atoms with Gasteiger partial charge in [0.15, 0.2) is 0 Å². The van der Waals surface area contributed by atoms with E-state index in [1.165, 1.54) is 0 Å². The fraction of sp³-hybridized carbons (Fsp3) is 0.261. The molecule has 0 unspecified atom stereocenters. The zero-order valence-electron chi connectivity index (χ0n) is 16.5. The number of nitrogen functional groups attached to an aromatic ring is 1. The minimum Gasteiger partial charge on any atom is -0.384 e. The van der Waals surface area contributed by atoms with E-state index in [0.29, 0.717) is 17.9 Å². The van der Waals surface area contributed by atoms with Crippen molar-refractivity contribution in [3.63, 3.8) is 0 Å². The van der Waals surface area contributed by atoms with E-state index in [1.807, 2.05) is 36.4 Å². The van der Waals surface area contributed by atoms with Gasteiger partial charge in [0.2, 0.25) is 5.91 Å². The number of aromatic nitrogens is 1. The summed E-state index contributed by atoms with van der Waals surface area (Å²) in [5.41, 5.74) is 7.63. The minimum absolute atomic E-state index is 0.212. The Balaban J connectivity index is 1.78. The van der Waals surface area contributed by atoms with Crippen LogP contribution >= 0.6 is 0 Å². The number of pyridine rings is 1. The molecule has 0 aliphatic heterocycles. The molecular formula is C23H26N4O2. The van der Waals surface area contributed by atoms with Gasteiger partial charge in [-0.2, -0.15) is 0 Å². The van der Waals surface area contributed by atoms with Gasteiger partial charge < -0.3 is 16.4 Å². The summed E-state index contributed by atoms with van der Waals surface area (Å²) in [6, 6.07) is 17.2. The van der Waals surface area contributed by atoms with Crippen molar-refractivity contribution in [2.75, 3.05) is 12.3 Å². The molecule has 2 amide bonds. The molecule has 6 heteroatoms. The molecule has 0 aliphatic carbocycles. The van der Waals surface area contributed by atoms with Crippen LogP contribution in [0.3, 0.4) is 0 Å². The highest BCUT2D eigenvalue weighted by Gasteiger charge is 2.23. The van der Waals surface area contributed by atoms with Gasteiger partial charge in [0, 0.05) is 17.5 Å². The molecule has 3 rings (SSSR count). The summed E-state index contributed by atoms with van der Waals surface area (Å²) in [6.45, 7) is 2.71. The highest BCUT2D eigenvalue weighted by molar-refractivity contribution is 6.00. The lowest BCUT2D eigenvalue weighted by molar-refractivity contribution is -0.123. The van der Waals surface area contributed by atoms with Crippen molar-refractivity contribution >= 4 is 28.5 Å². The van der Waals surface area contributed by atoms with Gasteiger partial charge in [-0.15, -0.1) is 0 Å². The number of unbranched alkanes of at least 4 members (excludes halogenated alkanes) is 2. The van der Waals surface area contributed by atoms with Crippen LogP contribution in [0, 0.1) is 0 Å². The first-order valence-corrected chi connectivity index (χ1v) is 9.88. The summed E-state index contributed by atoms with van der Waals surface area (Å²) < 4.78 is 0. The molecule has 6 nitrogen and oxygen atoms in total. The topological polar surface area (TPSA) is 97.1 Å². The Kier molecular flexibility index (Phi) is 6.79. The van der Waals surface area contributed by atoms with Crippen molar-refractivity contribution in [1.29, 1.82) is 0 Å². The van der Waals surface area contributed by atoms with Crippen LogP contribution in [0.4, 0.5) is 5.82 Å². The molecule has 3 aromatic rings. The number of nitrogens with two attached hydrogens (primary N) is 1. The average molecular weight is 390 g/mol. The van der Waals surface area contributed by atoms with E-state index < -0.39 is 6.04 Å². The number of nitrogens with one attached hydrogen (secondary N) is 2. The van der Waals surface area contributed by atoms with E-state index in [4.69, 9.17) is 5.73 Å². The Labute approximate surface area is 170 Å². The summed E-state index contributed by atoms with van der Waals surface area (Å²) >= 11 is 0. The standard InChI is InChI=1S/C23H26N4O2/c1-2-3-7-14-25-23(29)21(16-8-5-4-6-9-16)27-22(28)18-10-12-19-17(15-18)11-13-20(24)26-19/h4-6,8-13,15,21H,2-3,7,14H2,1H3,(H2,24,26)(H,25,29)(H,27,28)/t21-/m0/s1. The van der Waals surface area contributed by atoms with E-state index in [2.05, 4.69) is 22.5 Å². The molecule has 0 saturated heterocycles. The molecule has 150 valence electrons. The molecule has 1 atom stereocenters. The molecule has 1 heterocycles. The normalized spacial score (nSPS) is 11.8. The summed E-state index contributed by atoms with van der Waals surface area (Å²) in [4.78, 5) is 29.9. The molecule has 0 spiro atoms. The number of carbonyl (C=O) groups is 2. The van der Waals surface area contributed by atoms with Gasteiger partial charge >= 0.3 is 0 Å². The maximum atomic E-state index is 12.9. The molecule has 0 fully saturated rings. The molecule has 4 N–H and O–H groups in total. The number of rotatable bonds is 8. The second-order valence-corrected chi connectivity index (χ2v) is 6.96. The van der Waals surface area contributed by atoms with E-state index in [0.717, 1.165) is 35.7 Å². The van der Waals surface area contributed by atoms with Crippen LogP contribution in [0.2, 0.25) is 0 Å². The molecule has 2 aromatic carbocycles. The first-order valence-electron chi connectivity index (χ1n) is 9.88. The van der Waals surface area contributed by atoms with E-state index in [1.54, 1.807) is 24.3 Å². The maximum Gasteiger partial charge on any atom is 0.252 e. The predicted molar refractivity (Wildman–Crippen MR) is 115 cm³/mol. The Morgan fingerprint density at radius 3 is 2.59 bits per heavy atom. The molecule has 0 aliphatic rings. The van der Waals surface area contributed by atoms with E-state index >= 15 is 0 Å². The summed E-state index contributed by atoms with van der Waals surface area (Å²) in [5.74, 6) is -0.101. The lowest BCUT2D eigenvalue weighted by Crippen LogP contribution is -2.40. The van der Waals surface area contributed by atoms with Crippen molar-refractivity contribution < 1.29 is 9.59 Å². The predicted octanol–water partition coefficient (Wildman–Crippen LogP) is 3.59. The van der Waals surface area contributed by atoms with Gasteiger partial charge in [-0.05, 0) is 42.3 Å². The van der Waals surface area contributed by atoms with E-state index in [9.17, 15) is 9.59 Å². The fourth-order valence-corrected chi connectivity index (χ4v) is 3.13. The van der Waals surface area contributed by atoms with Crippen LogP contribution in [-0.2, 0) is 4.79 Å². The van der Waals surface area contributed by atoms with E-state index in [-0.39, 0.29) is 11.8 Å². The summed E-state index contributed by atoms with van der Waals surface area (Å²) in [5, 5.41) is 6.61. The Morgan fingerprint density at radius 2 is 1.83 bits per heavy atom. The van der Waals surface area contributed by atoms with Gasteiger partial charge in [-0.3, -0.25) is 9.59 Å². The first-order chi connectivity index (χ1) is 14.1. The highest BCUT2D eigenvalue weighted by Crippen LogP contribution is 2.18. The van der Waals surface area contributed by atoms with Crippen LogP contribution in [0.5, 0.6) is 0 Å². The second-order valence-electron chi connectivity index (χ2n) is 6.96. The van der Waals surface area contributed by atoms with Crippen LogP contribution < -0.4 is 16.4 Å². The lowest BCUT2D eigenvalue weighted by atomic mass is 10.0. The Morgan fingerprint density at radius 1 is 1.03 bits per heavy atom. The second kappa shape index (κ2) is 9.68. The van der Waals surface area contributed by atoms with Crippen LogP contribution in [0.15, 0.2) is 60.7 Å². The fourth-order valence-electron chi connectivity index (χ4n) is 3.13.